The molecule has 1 aromatic carbocycles. The Labute approximate surface area is 152 Å². The Morgan fingerprint density at radius 3 is 2.40 bits per heavy atom. The number of nitrogens with zero attached hydrogens (tertiary/aromatic N) is 2. The van der Waals surface area contributed by atoms with Gasteiger partial charge in [-0.05, 0) is 23.8 Å². The van der Waals surface area contributed by atoms with Gasteiger partial charge in [0.2, 0.25) is 0 Å². The van der Waals surface area contributed by atoms with Crippen molar-refractivity contribution in [1.82, 2.24) is 4.98 Å². The Hall–Kier alpha value is -2.55. The van der Waals surface area contributed by atoms with Crippen molar-refractivity contribution in [3.63, 3.8) is 0 Å². The number of fused-ring (bicyclic) bond motifs is 1. The third kappa shape index (κ3) is 5.49. The van der Waals surface area contributed by atoms with Gasteiger partial charge in [-0.3, -0.25) is 4.98 Å². The maximum atomic E-state index is 10.6. The molecule has 2 heterocycles. The number of carbonyl (C=O) groups is 1. The molecule has 0 aliphatic carbocycles. The monoisotopic (exact) mass is 354 g/mol. The first-order valence-corrected chi connectivity index (χ1v) is 8.75. The van der Waals surface area contributed by atoms with Crippen molar-refractivity contribution < 1.29 is 9.53 Å². The maximum absolute atomic E-state index is 10.6. The number of carbonyl (C=O) groups excluding carboxylic acids is 1. The molecule has 0 fully saturated rings. The molecule has 4 nitrogen and oxygen atoms in total. The molecule has 25 heavy (non-hydrogen) atoms. The van der Waals surface area contributed by atoms with Gasteiger partial charge in [-0.1, -0.05) is 26.0 Å². The normalized spacial score (nSPS) is 9.24. The predicted molar refractivity (Wildman–Crippen MR) is 104 cm³/mol. The van der Waals surface area contributed by atoms with E-state index >= 15 is 0 Å². The third-order valence-corrected chi connectivity index (χ3v) is 4.29. The van der Waals surface area contributed by atoms with Crippen molar-refractivity contribution in [2.75, 3.05) is 14.2 Å². The maximum Gasteiger partial charge on any atom is 0.125 e. The van der Waals surface area contributed by atoms with Crippen molar-refractivity contribution in [3.8, 4) is 17.2 Å². The average Bonchev–Trinajstić information content (AvgIpc) is 3.07. The molecule has 0 aliphatic heterocycles. The standard InChI is InChI=1S/C16H10N2OS.C2H6O.C2H6/c17-8-11-1-3-12(4-2-11)15-10-18-9-13-7-14(5-6-19)20-16(13)15;1-3-2;1-2/h1-4,6-7,9-10H,5H2;1-2H3;1-2H3. The van der Waals surface area contributed by atoms with E-state index in [4.69, 9.17) is 5.26 Å². The van der Waals surface area contributed by atoms with E-state index in [1.165, 1.54) is 0 Å². The molecule has 0 amide bonds. The topological polar surface area (TPSA) is 63.0 Å². The summed E-state index contributed by atoms with van der Waals surface area (Å²) < 4.78 is 5.38. The van der Waals surface area contributed by atoms with E-state index in [-0.39, 0.29) is 0 Å². The summed E-state index contributed by atoms with van der Waals surface area (Å²) in [5.74, 6) is 0. The van der Waals surface area contributed by atoms with Crippen LogP contribution in [0.3, 0.4) is 0 Å². The van der Waals surface area contributed by atoms with Crippen LogP contribution < -0.4 is 0 Å². The van der Waals surface area contributed by atoms with Gasteiger partial charge in [0.15, 0.2) is 0 Å². The molecule has 0 radical (unpaired) electrons. The molecular weight excluding hydrogens is 332 g/mol. The smallest absolute Gasteiger partial charge is 0.125 e. The molecule has 0 bridgehead atoms. The number of aromatic nitrogens is 1. The predicted octanol–water partition coefficient (Wildman–Crippen LogP) is 4.87. The van der Waals surface area contributed by atoms with Crippen molar-refractivity contribution in [1.29, 1.82) is 5.26 Å². The molecule has 5 heteroatoms. The van der Waals surface area contributed by atoms with E-state index in [0.29, 0.717) is 12.0 Å². The van der Waals surface area contributed by atoms with Crippen molar-refractivity contribution >= 4 is 27.7 Å². The SMILES string of the molecule is CC.COC.N#Cc1ccc(-c2cncc3cc(CC=O)sc23)cc1. The number of hydrogen-bond acceptors (Lipinski definition) is 5. The van der Waals surface area contributed by atoms with Gasteiger partial charge in [-0.2, -0.15) is 5.26 Å². The molecule has 130 valence electrons. The van der Waals surface area contributed by atoms with Gasteiger partial charge in [0.05, 0.1) is 11.6 Å². The quantitative estimate of drug-likeness (QED) is 0.630. The molecule has 0 unspecified atom stereocenters. The summed E-state index contributed by atoms with van der Waals surface area (Å²) >= 11 is 1.62. The fourth-order valence-electron chi connectivity index (χ4n) is 2.13. The highest BCUT2D eigenvalue weighted by Gasteiger charge is 2.08. The summed E-state index contributed by atoms with van der Waals surface area (Å²) in [7, 11) is 3.25. The van der Waals surface area contributed by atoms with Crippen LogP contribution >= 0.6 is 11.3 Å². The zero-order chi connectivity index (χ0) is 18.7. The molecule has 0 saturated heterocycles. The first-order valence-electron chi connectivity index (χ1n) is 7.94. The number of ether oxygens (including phenoxy) is 1. The van der Waals surface area contributed by atoms with E-state index in [1.54, 1.807) is 37.7 Å². The first-order chi connectivity index (χ1) is 12.2. The third-order valence-electron chi connectivity index (χ3n) is 3.08. The number of pyridine rings is 1. The Morgan fingerprint density at radius 1 is 1.20 bits per heavy atom. The number of methoxy groups -OCH3 is 1. The van der Waals surface area contributed by atoms with Gasteiger partial charge >= 0.3 is 0 Å². The summed E-state index contributed by atoms with van der Waals surface area (Å²) in [5.41, 5.74) is 2.71. The lowest BCUT2D eigenvalue weighted by Crippen LogP contribution is -1.81. The number of benzene rings is 1. The highest BCUT2D eigenvalue weighted by atomic mass is 32.1. The summed E-state index contributed by atoms with van der Waals surface area (Å²) in [5, 5.41) is 9.89. The zero-order valence-corrected chi connectivity index (χ0v) is 15.8. The number of rotatable bonds is 3. The van der Waals surface area contributed by atoms with Gasteiger partial charge in [0.1, 0.15) is 6.29 Å². The fourth-order valence-corrected chi connectivity index (χ4v) is 3.24. The summed E-state index contributed by atoms with van der Waals surface area (Å²) in [6, 6.07) is 11.6. The Morgan fingerprint density at radius 2 is 1.84 bits per heavy atom. The van der Waals surface area contributed by atoms with E-state index in [9.17, 15) is 4.79 Å². The van der Waals surface area contributed by atoms with Crippen LogP contribution in [0.25, 0.3) is 21.2 Å². The van der Waals surface area contributed by atoms with Crippen LogP contribution in [0.5, 0.6) is 0 Å². The van der Waals surface area contributed by atoms with E-state index in [2.05, 4.69) is 15.8 Å². The van der Waals surface area contributed by atoms with Gasteiger partial charge in [0.25, 0.3) is 0 Å². The molecule has 3 rings (SSSR count). The van der Waals surface area contributed by atoms with E-state index in [1.807, 2.05) is 44.4 Å². The van der Waals surface area contributed by atoms with Crippen LogP contribution in [0.4, 0.5) is 0 Å². The van der Waals surface area contributed by atoms with Crippen molar-refractivity contribution in [2.45, 2.75) is 20.3 Å². The van der Waals surface area contributed by atoms with Gasteiger partial charge in [0, 0.05) is 53.6 Å². The molecule has 0 N–H and O–H groups in total. The van der Waals surface area contributed by atoms with Crippen molar-refractivity contribution in [3.05, 3.63) is 53.2 Å². The summed E-state index contributed by atoms with van der Waals surface area (Å²) in [6.45, 7) is 4.00. The van der Waals surface area contributed by atoms with Crippen LogP contribution in [0.2, 0.25) is 0 Å². The molecule has 0 aliphatic rings. The minimum atomic E-state index is 0.437. The lowest BCUT2D eigenvalue weighted by molar-refractivity contribution is -0.107. The van der Waals surface area contributed by atoms with Gasteiger partial charge in [-0.25, -0.2) is 0 Å². The second-order valence-corrected chi connectivity index (χ2v) is 5.92. The summed E-state index contributed by atoms with van der Waals surface area (Å²) in [4.78, 5) is 15.9. The van der Waals surface area contributed by atoms with Gasteiger partial charge in [-0.15, -0.1) is 11.3 Å². The van der Waals surface area contributed by atoms with Crippen LogP contribution in [-0.4, -0.2) is 25.5 Å². The number of thiophene rings is 1. The Bertz CT molecular complexity index is 833. The zero-order valence-electron chi connectivity index (χ0n) is 14.9. The number of hydrogen-bond donors (Lipinski definition) is 0. The minimum absolute atomic E-state index is 0.437. The highest BCUT2D eigenvalue weighted by Crippen LogP contribution is 2.34. The minimum Gasteiger partial charge on any atom is -0.388 e. The second kappa shape index (κ2) is 11.1. The molecule has 3 aromatic rings. The largest absolute Gasteiger partial charge is 0.388 e. The van der Waals surface area contributed by atoms with Crippen LogP contribution in [-0.2, 0) is 16.0 Å². The van der Waals surface area contributed by atoms with Crippen LogP contribution in [0, 0.1) is 11.3 Å². The molecule has 0 atom stereocenters. The summed E-state index contributed by atoms with van der Waals surface area (Å²) in [6.07, 6.45) is 4.99. The van der Waals surface area contributed by atoms with E-state index < -0.39 is 0 Å². The molecular formula is C20H22N2O2S. The van der Waals surface area contributed by atoms with Gasteiger partial charge < -0.3 is 9.53 Å². The lowest BCUT2D eigenvalue weighted by atomic mass is 10.1. The van der Waals surface area contributed by atoms with Crippen LogP contribution in [0.15, 0.2) is 42.7 Å². The highest BCUT2D eigenvalue weighted by molar-refractivity contribution is 7.19. The average molecular weight is 354 g/mol. The molecule has 0 spiro atoms. The number of nitriles is 1. The fraction of sp³-hybridized carbons (Fsp3) is 0.250. The van der Waals surface area contributed by atoms with Crippen molar-refractivity contribution in [2.24, 2.45) is 0 Å². The van der Waals surface area contributed by atoms with E-state index in [0.717, 1.165) is 32.4 Å². The molecule has 0 saturated carbocycles. The molecule has 2 aromatic heterocycles. The lowest BCUT2D eigenvalue weighted by Gasteiger charge is -2.02. The Kier molecular flexibility index (Phi) is 9.09. The second-order valence-electron chi connectivity index (χ2n) is 4.79. The van der Waals surface area contributed by atoms with Crippen LogP contribution in [0.1, 0.15) is 24.3 Å². The Balaban J connectivity index is 0.000000567. The first kappa shape index (κ1) is 20.5. The number of aldehydes is 1.